The van der Waals surface area contributed by atoms with Crippen LogP contribution in [0.5, 0.6) is 11.5 Å². The topological polar surface area (TPSA) is 66.8 Å². The molecule has 0 bridgehead atoms. The quantitative estimate of drug-likeness (QED) is 0.708. The fourth-order valence-corrected chi connectivity index (χ4v) is 0.926. The lowest BCUT2D eigenvalue weighted by Gasteiger charge is -2.04. The molecule has 0 aliphatic heterocycles. The number of carbonyl (C=O) groups excluding carboxylic acids is 1. The number of rotatable bonds is 2. The van der Waals surface area contributed by atoms with Crippen LogP contribution in [0.1, 0.15) is 17.3 Å². The number of phenols is 2. The maximum absolute atomic E-state index is 12.7. The van der Waals surface area contributed by atoms with Crippen molar-refractivity contribution in [3.8, 4) is 11.5 Å². The van der Waals surface area contributed by atoms with Gasteiger partial charge in [-0.15, -0.1) is 0 Å². The van der Waals surface area contributed by atoms with E-state index in [4.69, 9.17) is 10.2 Å². The van der Waals surface area contributed by atoms with Crippen LogP contribution in [0.3, 0.4) is 0 Å². The van der Waals surface area contributed by atoms with Gasteiger partial charge in [0.05, 0.1) is 12.2 Å². The van der Waals surface area contributed by atoms with Gasteiger partial charge in [-0.3, -0.25) is 0 Å². The summed E-state index contributed by atoms with van der Waals surface area (Å²) in [5.41, 5.74) is -0.0942. The number of aromatic hydroxyl groups is 2. The van der Waals surface area contributed by atoms with Crippen molar-refractivity contribution in [1.82, 2.24) is 0 Å². The van der Waals surface area contributed by atoms with Gasteiger partial charge in [-0.2, -0.15) is 4.39 Å². The zero-order chi connectivity index (χ0) is 10.7. The molecule has 0 fully saturated rings. The summed E-state index contributed by atoms with van der Waals surface area (Å²) in [6.07, 6.45) is 0. The SMILES string of the molecule is CCOC(=O)c1cc(O)c(F)c(O)c1. The van der Waals surface area contributed by atoms with Crippen molar-refractivity contribution in [2.75, 3.05) is 6.61 Å². The van der Waals surface area contributed by atoms with Gasteiger partial charge < -0.3 is 14.9 Å². The van der Waals surface area contributed by atoms with Crippen molar-refractivity contribution < 1.29 is 24.1 Å². The van der Waals surface area contributed by atoms with Crippen LogP contribution >= 0.6 is 0 Å². The maximum Gasteiger partial charge on any atom is 0.338 e. The zero-order valence-corrected chi connectivity index (χ0v) is 7.45. The Morgan fingerprint density at radius 1 is 1.43 bits per heavy atom. The van der Waals surface area contributed by atoms with Gasteiger partial charge in [0, 0.05) is 0 Å². The smallest absolute Gasteiger partial charge is 0.338 e. The summed E-state index contributed by atoms with van der Waals surface area (Å²) in [4.78, 5) is 11.1. The standard InChI is InChI=1S/C9H9FO4/c1-2-14-9(13)5-3-6(11)8(10)7(12)4-5/h3-4,11-12H,2H2,1H3. The lowest BCUT2D eigenvalue weighted by molar-refractivity contribution is 0.0525. The molecule has 1 aromatic carbocycles. The third-order valence-electron chi connectivity index (χ3n) is 1.55. The monoisotopic (exact) mass is 200 g/mol. The fourth-order valence-electron chi connectivity index (χ4n) is 0.926. The molecular weight excluding hydrogens is 191 g/mol. The molecule has 1 aromatic rings. The predicted octanol–water partition coefficient (Wildman–Crippen LogP) is 1.41. The molecular formula is C9H9FO4. The Labute approximate surface area is 79.6 Å². The summed E-state index contributed by atoms with van der Waals surface area (Å²) in [5.74, 6) is -3.45. The number of phenolic OH excluding ortho intramolecular Hbond substituents is 2. The van der Waals surface area contributed by atoms with Gasteiger partial charge in [-0.1, -0.05) is 0 Å². The van der Waals surface area contributed by atoms with Crippen LogP contribution in [-0.4, -0.2) is 22.8 Å². The normalized spacial score (nSPS) is 9.86. The van der Waals surface area contributed by atoms with Gasteiger partial charge in [0.25, 0.3) is 0 Å². The summed E-state index contributed by atoms with van der Waals surface area (Å²) in [5, 5.41) is 17.9. The van der Waals surface area contributed by atoms with Crippen molar-refractivity contribution in [2.24, 2.45) is 0 Å². The Balaban J connectivity index is 3.06. The van der Waals surface area contributed by atoms with E-state index in [1.54, 1.807) is 6.92 Å². The second-order valence-corrected chi connectivity index (χ2v) is 2.55. The molecule has 4 nitrogen and oxygen atoms in total. The summed E-state index contributed by atoms with van der Waals surface area (Å²) in [7, 11) is 0. The average molecular weight is 200 g/mol. The first-order valence-corrected chi connectivity index (χ1v) is 3.94. The molecule has 0 aromatic heterocycles. The Kier molecular flexibility index (Phi) is 2.91. The van der Waals surface area contributed by atoms with Crippen LogP contribution in [0.15, 0.2) is 12.1 Å². The van der Waals surface area contributed by atoms with Gasteiger partial charge >= 0.3 is 5.97 Å². The van der Waals surface area contributed by atoms with E-state index in [1.807, 2.05) is 0 Å². The molecule has 0 unspecified atom stereocenters. The van der Waals surface area contributed by atoms with Gasteiger partial charge in [-0.05, 0) is 19.1 Å². The first-order valence-electron chi connectivity index (χ1n) is 3.94. The summed E-state index contributed by atoms with van der Waals surface area (Å²) >= 11 is 0. The summed E-state index contributed by atoms with van der Waals surface area (Å²) in [6.45, 7) is 1.78. The highest BCUT2D eigenvalue weighted by molar-refractivity contribution is 5.90. The molecule has 0 amide bonds. The minimum absolute atomic E-state index is 0.0942. The third-order valence-corrected chi connectivity index (χ3v) is 1.55. The predicted molar refractivity (Wildman–Crippen MR) is 45.7 cm³/mol. The van der Waals surface area contributed by atoms with E-state index in [2.05, 4.69) is 4.74 Å². The van der Waals surface area contributed by atoms with E-state index in [0.29, 0.717) is 0 Å². The van der Waals surface area contributed by atoms with Crippen LogP contribution in [0.25, 0.3) is 0 Å². The van der Waals surface area contributed by atoms with Gasteiger partial charge in [0.2, 0.25) is 5.82 Å². The van der Waals surface area contributed by atoms with E-state index < -0.39 is 23.3 Å². The van der Waals surface area contributed by atoms with Gasteiger partial charge in [0.1, 0.15) is 0 Å². The van der Waals surface area contributed by atoms with Crippen molar-refractivity contribution in [1.29, 1.82) is 0 Å². The third kappa shape index (κ3) is 1.93. The largest absolute Gasteiger partial charge is 0.505 e. The molecule has 0 spiro atoms. The van der Waals surface area contributed by atoms with Crippen molar-refractivity contribution >= 4 is 5.97 Å². The molecule has 0 aliphatic rings. The number of halogens is 1. The van der Waals surface area contributed by atoms with Crippen LogP contribution < -0.4 is 0 Å². The molecule has 0 saturated heterocycles. The Morgan fingerprint density at radius 2 is 1.93 bits per heavy atom. The highest BCUT2D eigenvalue weighted by atomic mass is 19.1. The molecule has 14 heavy (non-hydrogen) atoms. The molecule has 0 radical (unpaired) electrons. The maximum atomic E-state index is 12.7. The van der Waals surface area contributed by atoms with Gasteiger partial charge in [-0.25, -0.2) is 4.79 Å². The highest BCUT2D eigenvalue weighted by Gasteiger charge is 2.14. The molecule has 0 heterocycles. The average Bonchev–Trinajstić information content (AvgIpc) is 2.13. The van der Waals surface area contributed by atoms with Crippen LogP contribution in [0, 0.1) is 5.82 Å². The highest BCUT2D eigenvalue weighted by Crippen LogP contribution is 2.26. The second kappa shape index (κ2) is 3.95. The van der Waals surface area contributed by atoms with E-state index >= 15 is 0 Å². The molecule has 2 N–H and O–H groups in total. The number of benzene rings is 1. The minimum atomic E-state index is -1.15. The first kappa shape index (κ1) is 10.3. The number of hydrogen-bond acceptors (Lipinski definition) is 4. The van der Waals surface area contributed by atoms with Crippen LogP contribution in [-0.2, 0) is 4.74 Å². The zero-order valence-electron chi connectivity index (χ0n) is 7.45. The lowest BCUT2D eigenvalue weighted by atomic mass is 10.2. The van der Waals surface area contributed by atoms with Crippen molar-refractivity contribution in [3.63, 3.8) is 0 Å². The molecule has 0 saturated carbocycles. The fraction of sp³-hybridized carbons (Fsp3) is 0.222. The molecule has 1 rings (SSSR count). The summed E-state index contributed by atoms with van der Waals surface area (Å²) in [6, 6.07) is 1.79. The lowest BCUT2D eigenvalue weighted by Crippen LogP contribution is -2.04. The van der Waals surface area contributed by atoms with E-state index in [-0.39, 0.29) is 12.2 Å². The number of esters is 1. The Hall–Kier alpha value is -1.78. The molecule has 0 aliphatic carbocycles. The molecule has 5 heteroatoms. The Morgan fingerprint density at radius 3 is 2.36 bits per heavy atom. The number of carbonyl (C=O) groups is 1. The van der Waals surface area contributed by atoms with Crippen LogP contribution in [0.4, 0.5) is 4.39 Å². The van der Waals surface area contributed by atoms with Gasteiger partial charge in [0.15, 0.2) is 11.5 Å². The van der Waals surface area contributed by atoms with Crippen LogP contribution in [0.2, 0.25) is 0 Å². The minimum Gasteiger partial charge on any atom is -0.505 e. The summed E-state index contributed by atoms with van der Waals surface area (Å²) < 4.78 is 17.3. The first-order chi connectivity index (χ1) is 6.56. The Bertz CT molecular complexity index is 339. The van der Waals surface area contributed by atoms with Crippen molar-refractivity contribution in [2.45, 2.75) is 6.92 Å². The number of ether oxygens (including phenoxy) is 1. The van der Waals surface area contributed by atoms with E-state index in [0.717, 1.165) is 12.1 Å². The number of hydrogen-bond donors (Lipinski definition) is 2. The van der Waals surface area contributed by atoms with E-state index in [1.165, 1.54) is 0 Å². The molecule has 0 atom stereocenters. The second-order valence-electron chi connectivity index (χ2n) is 2.55. The molecule has 76 valence electrons. The van der Waals surface area contributed by atoms with E-state index in [9.17, 15) is 9.18 Å². The van der Waals surface area contributed by atoms with Crippen molar-refractivity contribution in [3.05, 3.63) is 23.5 Å².